The number of aliphatic carboxylic acids is 4. The molecule has 0 saturated heterocycles. The molecule has 0 spiro atoms. The van der Waals surface area contributed by atoms with Crippen molar-refractivity contribution in [1.29, 1.82) is 0 Å². The lowest BCUT2D eigenvalue weighted by atomic mass is 9.81. The van der Waals surface area contributed by atoms with E-state index in [1.807, 2.05) is 6.92 Å². The van der Waals surface area contributed by atoms with Crippen molar-refractivity contribution in [3.63, 3.8) is 0 Å². The minimum atomic E-state index is -1.14. The average Bonchev–Trinajstić information content (AvgIpc) is 3.43. The van der Waals surface area contributed by atoms with Gasteiger partial charge in [0.25, 0.3) is 0 Å². The maximum absolute atomic E-state index is 12.3. The molecule has 1 aromatic rings. The lowest BCUT2D eigenvalue weighted by Crippen LogP contribution is -2.31. The van der Waals surface area contributed by atoms with Gasteiger partial charge in [0, 0.05) is 28.5 Å². The van der Waals surface area contributed by atoms with Gasteiger partial charge in [-0.15, -0.1) is 17.4 Å². The van der Waals surface area contributed by atoms with Crippen LogP contribution in [0, 0.1) is 41.9 Å². The van der Waals surface area contributed by atoms with Crippen molar-refractivity contribution >= 4 is 23.9 Å². The second-order valence-corrected chi connectivity index (χ2v) is 11.7. The molecular formula is C29H44N6O8. The fraction of sp³-hybridized carbons (Fsp3) is 0.724. The van der Waals surface area contributed by atoms with E-state index in [1.165, 1.54) is 24.7 Å². The summed E-state index contributed by atoms with van der Waals surface area (Å²) in [6.07, 6.45) is 8.35. The minimum Gasteiger partial charge on any atom is -0.481 e. The average molecular weight is 605 g/mol. The molecule has 0 bridgehead atoms. The summed E-state index contributed by atoms with van der Waals surface area (Å²) in [5, 5.41) is 51.3. The standard InChI is InChI=1S/C29H44N6O8/c1-7-19(8-2)12-21(27(40)41)13-20(10-17(4)25(36)37)24-16-35(34-31-24)23(11-18(5)26(38)39)14-22(28(42)43)15-29(6,9-3)32-33-30/h1,16-23H,8-15H2,2-6H3,(H,36,37)(H,38,39)(H,40,41)(H,42,43). The lowest BCUT2D eigenvalue weighted by molar-refractivity contribution is -0.144. The van der Waals surface area contributed by atoms with E-state index in [-0.39, 0.29) is 44.4 Å². The summed E-state index contributed by atoms with van der Waals surface area (Å²) < 4.78 is 1.38. The van der Waals surface area contributed by atoms with Crippen LogP contribution < -0.4 is 0 Å². The molecule has 0 aliphatic carbocycles. The quantitative estimate of drug-likeness (QED) is 0.0618. The van der Waals surface area contributed by atoms with Gasteiger partial charge in [-0.2, -0.15) is 0 Å². The predicted molar refractivity (Wildman–Crippen MR) is 156 cm³/mol. The van der Waals surface area contributed by atoms with Crippen LogP contribution in [-0.4, -0.2) is 64.8 Å². The Morgan fingerprint density at radius 1 is 0.977 bits per heavy atom. The molecule has 8 atom stereocenters. The number of azide groups is 1. The van der Waals surface area contributed by atoms with Gasteiger partial charge in [0.1, 0.15) is 0 Å². The maximum Gasteiger partial charge on any atom is 0.306 e. The van der Waals surface area contributed by atoms with E-state index in [1.54, 1.807) is 13.8 Å². The third-order valence-electron chi connectivity index (χ3n) is 8.28. The normalized spacial score (nSPS) is 17.5. The number of aromatic nitrogens is 3. The van der Waals surface area contributed by atoms with Gasteiger partial charge in [-0.1, -0.05) is 44.9 Å². The largest absolute Gasteiger partial charge is 0.481 e. The highest BCUT2D eigenvalue weighted by molar-refractivity contribution is 5.71. The lowest BCUT2D eigenvalue weighted by Gasteiger charge is -2.29. The Balaban J connectivity index is 3.52. The van der Waals surface area contributed by atoms with Crippen LogP contribution in [0.4, 0.5) is 0 Å². The summed E-state index contributed by atoms with van der Waals surface area (Å²) in [6.45, 7) is 8.29. The van der Waals surface area contributed by atoms with Crippen LogP contribution in [0.3, 0.4) is 0 Å². The first-order valence-corrected chi connectivity index (χ1v) is 14.5. The second kappa shape index (κ2) is 17.1. The molecule has 0 radical (unpaired) electrons. The van der Waals surface area contributed by atoms with Crippen LogP contribution in [0.15, 0.2) is 11.3 Å². The van der Waals surface area contributed by atoms with E-state index in [2.05, 4.69) is 26.3 Å². The molecule has 1 heterocycles. The van der Waals surface area contributed by atoms with Crippen LogP contribution in [0.2, 0.25) is 0 Å². The van der Waals surface area contributed by atoms with Gasteiger partial charge in [0.15, 0.2) is 0 Å². The SMILES string of the molecule is C#CC(CC)CC(CC(CC(C)C(=O)O)c1cn(C(CC(C)C(=O)O)CC(CC(C)(CC)N=[N+]=[N-])C(=O)O)nn1)C(=O)O. The third kappa shape index (κ3) is 11.6. The van der Waals surface area contributed by atoms with Crippen molar-refractivity contribution < 1.29 is 39.6 Å². The van der Waals surface area contributed by atoms with Gasteiger partial charge in [-0.3, -0.25) is 19.2 Å². The molecular weight excluding hydrogens is 560 g/mol. The highest BCUT2D eigenvalue weighted by Gasteiger charge is 2.35. The van der Waals surface area contributed by atoms with Gasteiger partial charge in [0.2, 0.25) is 0 Å². The Labute approximate surface area is 251 Å². The molecule has 4 N–H and O–H groups in total. The van der Waals surface area contributed by atoms with Crippen LogP contribution in [-0.2, 0) is 19.2 Å². The highest BCUT2D eigenvalue weighted by atomic mass is 16.4. The molecule has 238 valence electrons. The van der Waals surface area contributed by atoms with E-state index >= 15 is 0 Å². The molecule has 14 nitrogen and oxygen atoms in total. The molecule has 1 rings (SSSR count). The Morgan fingerprint density at radius 2 is 1.56 bits per heavy atom. The summed E-state index contributed by atoms with van der Waals surface area (Å²) in [7, 11) is 0. The van der Waals surface area contributed by atoms with E-state index in [4.69, 9.17) is 12.0 Å². The van der Waals surface area contributed by atoms with E-state index in [0.717, 1.165) is 0 Å². The minimum absolute atomic E-state index is 0.00914. The Morgan fingerprint density at radius 3 is 2.02 bits per heavy atom. The zero-order valence-corrected chi connectivity index (χ0v) is 25.5. The molecule has 8 unspecified atom stereocenters. The van der Waals surface area contributed by atoms with E-state index in [9.17, 15) is 39.6 Å². The molecule has 0 amide bonds. The fourth-order valence-electron chi connectivity index (χ4n) is 5.17. The zero-order valence-electron chi connectivity index (χ0n) is 25.5. The molecule has 43 heavy (non-hydrogen) atoms. The van der Waals surface area contributed by atoms with Crippen LogP contribution >= 0.6 is 0 Å². The van der Waals surface area contributed by atoms with Crippen molar-refractivity contribution in [2.75, 3.05) is 0 Å². The number of hydrogen-bond donors (Lipinski definition) is 4. The smallest absolute Gasteiger partial charge is 0.306 e. The van der Waals surface area contributed by atoms with Gasteiger partial charge in [0.05, 0.1) is 35.4 Å². The fourth-order valence-corrected chi connectivity index (χ4v) is 5.17. The van der Waals surface area contributed by atoms with Crippen molar-refractivity contribution in [3.05, 3.63) is 22.3 Å². The number of carboxylic acids is 4. The first-order chi connectivity index (χ1) is 20.1. The third-order valence-corrected chi connectivity index (χ3v) is 8.28. The summed E-state index contributed by atoms with van der Waals surface area (Å²) in [5.41, 5.74) is 8.33. The van der Waals surface area contributed by atoms with E-state index in [0.29, 0.717) is 18.5 Å². The molecule has 0 saturated carbocycles. The molecule has 0 aliphatic heterocycles. The van der Waals surface area contributed by atoms with Crippen molar-refractivity contribution in [2.24, 2.45) is 34.7 Å². The summed E-state index contributed by atoms with van der Waals surface area (Å²) in [5.74, 6) is -6.23. The van der Waals surface area contributed by atoms with Gasteiger partial charge in [-0.05, 0) is 56.9 Å². The van der Waals surface area contributed by atoms with Gasteiger partial charge in [-0.25, -0.2) is 4.68 Å². The number of hydrogen-bond acceptors (Lipinski definition) is 7. The van der Waals surface area contributed by atoms with Crippen molar-refractivity contribution in [1.82, 2.24) is 15.0 Å². The zero-order chi connectivity index (χ0) is 32.9. The van der Waals surface area contributed by atoms with Crippen LogP contribution in [0.1, 0.15) is 104 Å². The molecule has 0 aromatic carbocycles. The molecule has 14 heteroatoms. The number of nitrogens with zero attached hydrogens (tertiary/aromatic N) is 6. The predicted octanol–water partition coefficient (Wildman–Crippen LogP) is 5.22. The monoisotopic (exact) mass is 604 g/mol. The Hall–Kier alpha value is -4.11. The molecule has 0 fully saturated rings. The Kier molecular flexibility index (Phi) is 14.7. The van der Waals surface area contributed by atoms with E-state index < -0.39 is 65.0 Å². The molecule has 1 aromatic heterocycles. The van der Waals surface area contributed by atoms with Crippen LogP contribution in [0.5, 0.6) is 0 Å². The molecule has 0 aliphatic rings. The maximum atomic E-state index is 12.3. The van der Waals surface area contributed by atoms with Gasteiger partial charge >= 0.3 is 23.9 Å². The van der Waals surface area contributed by atoms with Crippen LogP contribution in [0.25, 0.3) is 10.4 Å². The number of carboxylic acid groups (broad SMARTS) is 4. The first kappa shape index (κ1) is 36.9. The second-order valence-electron chi connectivity index (χ2n) is 11.7. The highest BCUT2D eigenvalue weighted by Crippen LogP contribution is 2.36. The number of rotatable bonds is 21. The van der Waals surface area contributed by atoms with Crippen molar-refractivity contribution in [2.45, 2.75) is 103 Å². The Bertz CT molecular complexity index is 1210. The summed E-state index contributed by atoms with van der Waals surface area (Å²) >= 11 is 0. The van der Waals surface area contributed by atoms with Gasteiger partial charge < -0.3 is 20.4 Å². The first-order valence-electron chi connectivity index (χ1n) is 14.5. The topological polar surface area (TPSA) is 229 Å². The number of carbonyl (C=O) groups is 4. The van der Waals surface area contributed by atoms with Crippen molar-refractivity contribution in [3.8, 4) is 12.3 Å². The number of terminal acetylenes is 1. The summed E-state index contributed by atoms with van der Waals surface area (Å²) in [6, 6.07) is -0.737. The summed E-state index contributed by atoms with van der Waals surface area (Å²) in [4.78, 5) is 50.7.